The number of amides is 2. The van der Waals surface area contributed by atoms with Gasteiger partial charge < -0.3 is 14.5 Å². The normalized spacial score (nSPS) is 21.9. The number of likely N-dealkylation sites (tertiary alicyclic amines) is 1. The van der Waals surface area contributed by atoms with E-state index in [0.717, 1.165) is 11.8 Å². The first kappa shape index (κ1) is 25.5. The molecule has 0 saturated carbocycles. The number of urea groups is 1. The molecule has 2 saturated heterocycles. The van der Waals surface area contributed by atoms with Crippen LogP contribution in [0.25, 0.3) is 0 Å². The summed E-state index contributed by atoms with van der Waals surface area (Å²) in [5.74, 6) is -0.0594. The SMILES string of the molecule is CCOc1cc(C2CC(c3ccc(CC(F)(F)F)c(F)c3)CN(C(=O)N3CCS(=O)CC3)C2)[nH]n1. The highest BCUT2D eigenvalue weighted by Crippen LogP contribution is 2.37. The van der Waals surface area contributed by atoms with Gasteiger partial charge in [0.05, 0.1) is 13.0 Å². The number of benzene rings is 1. The number of rotatable bonds is 5. The van der Waals surface area contributed by atoms with Gasteiger partial charge in [-0.05, 0) is 30.5 Å². The van der Waals surface area contributed by atoms with E-state index in [1.54, 1.807) is 15.9 Å². The van der Waals surface area contributed by atoms with Crippen molar-refractivity contribution in [1.82, 2.24) is 20.0 Å². The summed E-state index contributed by atoms with van der Waals surface area (Å²) in [5.41, 5.74) is 0.905. The van der Waals surface area contributed by atoms with E-state index in [-0.39, 0.29) is 17.9 Å². The second-order valence-corrected chi connectivity index (χ2v) is 10.6. The minimum atomic E-state index is -4.50. The lowest BCUT2D eigenvalue weighted by molar-refractivity contribution is -0.127. The molecule has 1 N–H and O–H groups in total. The Balaban J connectivity index is 1.58. The van der Waals surface area contributed by atoms with Crippen molar-refractivity contribution in [1.29, 1.82) is 0 Å². The van der Waals surface area contributed by atoms with Crippen LogP contribution in [0.4, 0.5) is 22.4 Å². The van der Waals surface area contributed by atoms with Crippen molar-refractivity contribution >= 4 is 16.8 Å². The molecule has 2 aliphatic rings. The number of halogens is 4. The van der Waals surface area contributed by atoms with Crippen molar-refractivity contribution in [3.63, 3.8) is 0 Å². The summed E-state index contributed by atoms with van der Waals surface area (Å²) in [4.78, 5) is 16.7. The molecule has 2 aromatic rings. The van der Waals surface area contributed by atoms with Crippen LogP contribution in [0.3, 0.4) is 0 Å². The average Bonchev–Trinajstić information content (AvgIpc) is 3.28. The predicted octanol–water partition coefficient (Wildman–Crippen LogP) is 3.81. The van der Waals surface area contributed by atoms with Crippen molar-refractivity contribution in [2.45, 2.75) is 37.8 Å². The lowest BCUT2D eigenvalue weighted by Crippen LogP contribution is -2.52. The first-order valence-corrected chi connectivity index (χ1v) is 13.0. The first-order valence-electron chi connectivity index (χ1n) is 11.5. The molecule has 2 unspecified atom stereocenters. The van der Waals surface area contributed by atoms with Gasteiger partial charge in [0.25, 0.3) is 0 Å². The molecule has 4 rings (SSSR count). The number of alkyl halides is 3. The minimum absolute atomic E-state index is 0.156. The monoisotopic (exact) mass is 516 g/mol. The van der Waals surface area contributed by atoms with Crippen LogP contribution in [-0.2, 0) is 17.2 Å². The van der Waals surface area contributed by atoms with Crippen LogP contribution in [0.2, 0.25) is 0 Å². The van der Waals surface area contributed by atoms with Crippen LogP contribution in [0, 0.1) is 5.82 Å². The summed E-state index contributed by atoms with van der Waals surface area (Å²) in [5, 5.41) is 7.10. The standard InChI is InChI=1S/C23H28F4N4O3S/c1-2-34-21-11-20(28-29-21)18-9-17(15-3-4-16(19(24)10-15)12-23(25,26)27)13-31(14-18)22(32)30-5-7-35(33)8-6-30/h3-4,10-11,17-18H,2,5-9,12-14H2,1H3,(H,28,29). The van der Waals surface area contributed by atoms with Gasteiger partial charge in [-0.3, -0.25) is 9.31 Å². The van der Waals surface area contributed by atoms with Gasteiger partial charge >= 0.3 is 12.2 Å². The zero-order valence-electron chi connectivity index (χ0n) is 19.3. The number of ether oxygens (including phenoxy) is 1. The Hall–Kier alpha value is -2.63. The number of nitrogens with zero attached hydrogens (tertiary/aromatic N) is 3. The number of carbonyl (C=O) groups is 1. The Morgan fingerprint density at radius 2 is 1.89 bits per heavy atom. The molecule has 2 amide bonds. The Morgan fingerprint density at radius 1 is 1.17 bits per heavy atom. The number of aromatic nitrogens is 2. The van der Waals surface area contributed by atoms with E-state index in [0.29, 0.717) is 62.2 Å². The second kappa shape index (κ2) is 10.5. The van der Waals surface area contributed by atoms with Gasteiger partial charge in [-0.1, -0.05) is 12.1 Å². The van der Waals surface area contributed by atoms with E-state index >= 15 is 0 Å². The summed E-state index contributed by atoms with van der Waals surface area (Å²) < 4.78 is 70.0. The number of piperidine rings is 1. The van der Waals surface area contributed by atoms with Crippen LogP contribution in [0.15, 0.2) is 24.3 Å². The zero-order valence-corrected chi connectivity index (χ0v) is 20.1. The maximum Gasteiger partial charge on any atom is 0.393 e. The summed E-state index contributed by atoms with van der Waals surface area (Å²) in [6.07, 6.45) is -5.28. The molecule has 192 valence electrons. The molecule has 7 nitrogen and oxygen atoms in total. The first-order chi connectivity index (χ1) is 16.6. The number of H-pyrrole nitrogens is 1. The number of carbonyl (C=O) groups excluding carboxylic acids is 1. The highest BCUT2D eigenvalue weighted by Gasteiger charge is 2.36. The second-order valence-electron chi connectivity index (χ2n) is 8.89. The molecule has 2 aliphatic heterocycles. The molecule has 1 aromatic carbocycles. The Labute approximate surface area is 203 Å². The van der Waals surface area contributed by atoms with E-state index in [1.165, 1.54) is 12.1 Å². The van der Waals surface area contributed by atoms with Gasteiger partial charge in [0.15, 0.2) is 0 Å². The number of hydrogen-bond donors (Lipinski definition) is 1. The number of nitrogens with one attached hydrogen (secondary N) is 1. The maximum absolute atomic E-state index is 14.6. The molecule has 0 bridgehead atoms. The molecule has 1 aromatic heterocycles. The smallest absolute Gasteiger partial charge is 0.393 e. The quantitative estimate of drug-likeness (QED) is 0.614. The Kier molecular flexibility index (Phi) is 7.67. The summed E-state index contributed by atoms with van der Waals surface area (Å²) >= 11 is 0. The van der Waals surface area contributed by atoms with Gasteiger partial charge in [0.2, 0.25) is 5.88 Å². The minimum Gasteiger partial charge on any atom is -0.477 e. The van der Waals surface area contributed by atoms with Gasteiger partial charge in [0, 0.05) is 72.1 Å². The van der Waals surface area contributed by atoms with E-state index < -0.39 is 34.8 Å². The van der Waals surface area contributed by atoms with E-state index in [4.69, 9.17) is 4.74 Å². The summed E-state index contributed by atoms with van der Waals surface area (Å²) in [6.45, 7) is 3.79. The third-order valence-electron chi connectivity index (χ3n) is 6.42. The molecule has 2 fully saturated rings. The predicted molar refractivity (Wildman–Crippen MR) is 122 cm³/mol. The molecular formula is C23H28F4N4O3S. The molecule has 0 spiro atoms. The zero-order chi connectivity index (χ0) is 25.2. The molecular weight excluding hydrogens is 488 g/mol. The van der Waals surface area contributed by atoms with Crippen molar-refractivity contribution in [2.75, 3.05) is 44.3 Å². The van der Waals surface area contributed by atoms with Gasteiger partial charge in [0.1, 0.15) is 5.82 Å². The lowest BCUT2D eigenvalue weighted by Gasteiger charge is -2.40. The average molecular weight is 517 g/mol. The van der Waals surface area contributed by atoms with Gasteiger partial charge in [-0.25, -0.2) is 9.18 Å². The fourth-order valence-corrected chi connectivity index (χ4v) is 5.73. The van der Waals surface area contributed by atoms with Gasteiger partial charge in [-0.15, -0.1) is 5.10 Å². The molecule has 0 radical (unpaired) electrons. The fraction of sp³-hybridized carbons (Fsp3) is 0.565. The van der Waals surface area contributed by atoms with E-state index in [1.807, 2.05) is 6.92 Å². The van der Waals surface area contributed by atoms with E-state index in [9.17, 15) is 26.6 Å². The third kappa shape index (κ3) is 6.33. The summed E-state index contributed by atoms with van der Waals surface area (Å²) in [6, 6.07) is 5.44. The van der Waals surface area contributed by atoms with Crippen LogP contribution in [0.1, 0.15) is 42.0 Å². The van der Waals surface area contributed by atoms with Crippen LogP contribution >= 0.6 is 0 Å². The summed E-state index contributed by atoms with van der Waals surface area (Å²) in [7, 11) is -0.929. The maximum atomic E-state index is 14.6. The molecule has 2 atom stereocenters. The van der Waals surface area contributed by atoms with Gasteiger partial charge in [-0.2, -0.15) is 13.2 Å². The molecule has 35 heavy (non-hydrogen) atoms. The van der Waals surface area contributed by atoms with Crippen LogP contribution in [0.5, 0.6) is 5.88 Å². The Morgan fingerprint density at radius 3 is 2.54 bits per heavy atom. The number of aromatic amines is 1. The van der Waals surface area contributed by atoms with Crippen LogP contribution in [-0.4, -0.2) is 80.7 Å². The molecule has 3 heterocycles. The van der Waals surface area contributed by atoms with Crippen molar-refractivity contribution in [3.8, 4) is 5.88 Å². The van der Waals surface area contributed by atoms with E-state index in [2.05, 4.69) is 10.2 Å². The lowest BCUT2D eigenvalue weighted by atomic mass is 9.82. The Bertz CT molecular complexity index is 1070. The molecule has 12 heteroatoms. The molecule has 0 aliphatic carbocycles. The van der Waals surface area contributed by atoms with Crippen molar-refractivity contribution in [2.24, 2.45) is 0 Å². The highest BCUT2D eigenvalue weighted by molar-refractivity contribution is 7.85. The highest BCUT2D eigenvalue weighted by atomic mass is 32.2. The topological polar surface area (TPSA) is 78.5 Å². The number of hydrogen-bond acceptors (Lipinski definition) is 4. The van der Waals surface area contributed by atoms with Crippen molar-refractivity contribution in [3.05, 3.63) is 46.9 Å². The fourth-order valence-electron chi connectivity index (χ4n) is 4.68. The van der Waals surface area contributed by atoms with Crippen molar-refractivity contribution < 1.29 is 31.3 Å². The van der Waals surface area contributed by atoms with Crippen LogP contribution < -0.4 is 4.74 Å². The largest absolute Gasteiger partial charge is 0.477 e. The third-order valence-corrected chi connectivity index (χ3v) is 7.69.